The fourth-order valence-corrected chi connectivity index (χ4v) is 4.27. The highest BCUT2D eigenvalue weighted by molar-refractivity contribution is 5.78. The maximum Gasteiger partial charge on any atom is 0.221 e. The Morgan fingerprint density at radius 1 is 1.07 bits per heavy atom. The molecule has 1 heterocycles. The molecule has 1 aliphatic heterocycles. The van der Waals surface area contributed by atoms with E-state index < -0.39 is 0 Å². The number of nitrogens with zero attached hydrogens (tertiary/aromatic N) is 2. The van der Waals surface area contributed by atoms with Crippen molar-refractivity contribution in [3.8, 4) is 0 Å². The first kappa shape index (κ1) is 23.9. The van der Waals surface area contributed by atoms with Crippen LogP contribution in [0.25, 0.3) is 0 Å². The number of nitrogens with one attached hydrogen (secondary N) is 1. The zero-order valence-electron chi connectivity index (χ0n) is 18.4. The molecule has 4 heteroatoms. The number of unbranched alkanes of at least 4 members (excludes halogenated alkanes) is 8. The summed E-state index contributed by atoms with van der Waals surface area (Å²) in [5, 5.41) is 3.10. The van der Waals surface area contributed by atoms with Crippen molar-refractivity contribution < 1.29 is 9.28 Å². The molecule has 0 aliphatic carbocycles. The van der Waals surface area contributed by atoms with Crippen LogP contribution >= 0.6 is 0 Å². The van der Waals surface area contributed by atoms with Crippen LogP contribution in [0.4, 0.5) is 0 Å². The molecule has 0 bridgehead atoms. The van der Waals surface area contributed by atoms with Gasteiger partial charge in [0.05, 0.1) is 13.1 Å². The molecule has 2 unspecified atom stereocenters. The zero-order chi connectivity index (χ0) is 20.0. The smallest absolute Gasteiger partial charge is 0.221 e. The maximum atomic E-state index is 11.5. The van der Waals surface area contributed by atoms with Gasteiger partial charge < -0.3 is 5.32 Å². The summed E-state index contributed by atoms with van der Waals surface area (Å²) < 4.78 is 0.853. The molecule has 1 rings (SSSR count). The first-order valence-electron chi connectivity index (χ1n) is 11.4. The van der Waals surface area contributed by atoms with Crippen LogP contribution in [0.1, 0.15) is 98.3 Å². The van der Waals surface area contributed by atoms with E-state index in [-0.39, 0.29) is 12.1 Å². The minimum Gasteiger partial charge on any atom is -0.307 e. The zero-order valence-corrected chi connectivity index (χ0v) is 18.4. The number of amidine groups is 1. The molecule has 1 amide bonds. The lowest BCUT2D eigenvalue weighted by Crippen LogP contribution is -2.62. The van der Waals surface area contributed by atoms with Crippen molar-refractivity contribution in [3.63, 3.8) is 0 Å². The fourth-order valence-electron chi connectivity index (χ4n) is 4.27. The van der Waals surface area contributed by atoms with Crippen LogP contribution in [-0.2, 0) is 4.79 Å². The van der Waals surface area contributed by atoms with Crippen molar-refractivity contribution in [2.45, 2.75) is 104 Å². The van der Waals surface area contributed by atoms with E-state index >= 15 is 0 Å². The molecule has 0 saturated heterocycles. The number of hydrogen-bond donors (Lipinski definition) is 1. The molecule has 0 fully saturated rings. The number of rotatable bonds is 15. The highest BCUT2D eigenvalue weighted by Crippen LogP contribution is 2.23. The highest BCUT2D eigenvalue weighted by atomic mass is 16.1. The van der Waals surface area contributed by atoms with Crippen molar-refractivity contribution in [3.05, 3.63) is 12.2 Å². The number of quaternary nitrogens is 1. The van der Waals surface area contributed by atoms with Gasteiger partial charge in [-0.15, -0.1) is 0 Å². The number of likely N-dealkylation sites (N-methyl/N-ethyl adjacent to an activating group) is 1. The lowest BCUT2D eigenvalue weighted by atomic mass is 10.1. The van der Waals surface area contributed by atoms with Gasteiger partial charge in [0.15, 0.2) is 12.0 Å². The Morgan fingerprint density at radius 3 is 2.30 bits per heavy atom. The number of hydrogen-bond acceptors (Lipinski definition) is 2. The molecule has 1 N–H and O–H groups in total. The Hall–Kier alpha value is -1.16. The largest absolute Gasteiger partial charge is 0.307 e. The molecule has 27 heavy (non-hydrogen) atoms. The van der Waals surface area contributed by atoms with E-state index in [0.717, 1.165) is 37.0 Å². The minimum absolute atomic E-state index is 0.0566. The highest BCUT2D eigenvalue weighted by Gasteiger charge is 2.41. The van der Waals surface area contributed by atoms with Crippen molar-refractivity contribution in [1.29, 1.82) is 0 Å². The van der Waals surface area contributed by atoms with E-state index in [9.17, 15) is 4.79 Å². The van der Waals surface area contributed by atoms with Crippen LogP contribution < -0.4 is 5.32 Å². The second-order valence-corrected chi connectivity index (χ2v) is 8.00. The van der Waals surface area contributed by atoms with Crippen molar-refractivity contribution >= 4 is 11.7 Å². The summed E-state index contributed by atoms with van der Waals surface area (Å²) >= 11 is 0. The Kier molecular flexibility index (Phi) is 12.3. The van der Waals surface area contributed by atoms with Gasteiger partial charge in [-0.05, 0) is 32.6 Å². The molecule has 0 aromatic carbocycles. The SMILES string of the molecule is CC/C=C/CCCCCCCCCCC1=NCC[N+]1(CC)C(C)NC(C)=O. The van der Waals surface area contributed by atoms with Crippen LogP contribution in [0.5, 0.6) is 0 Å². The van der Waals surface area contributed by atoms with E-state index in [1.165, 1.54) is 63.6 Å². The van der Waals surface area contributed by atoms with E-state index in [4.69, 9.17) is 4.99 Å². The molecule has 2 atom stereocenters. The first-order chi connectivity index (χ1) is 13.1. The summed E-state index contributed by atoms with van der Waals surface area (Å²) in [4.78, 5) is 16.3. The summed E-state index contributed by atoms with van der Waals surface area (Å²) in [5.74, 6) is 1.36. The summed E-state index contributed by atoms with van der Waals surface area (Å²) in [7, 11) is 0. The number of aliphatic imine (C=N–C) groups is 1. The van der Waals surface area contributed by atoms with Gasteiger partial charge in [0.1, 0.15) is 6.54 Å². The molecule has 0 radical (unpaired) electrons. The van der Waals surface area contributed by atoms with Crippen molar-refractivity contribution in [1.82, 2.24) is 5.32 Å². The molecule has 0 aromatic heterocycles. The van der Waals surface area contributed by atoms with Gasteiger partial charge in [0.2, 0.25) is 5.91 Å². The van der Waals surface area contributed by atoms with Gasteiger partial charge in [-0.2, -0.15) is 0 Å². The van der Waals surface area contributed by atoms with Crippen LogP contribution in [0.3, 0.4) is 0 Å². The number of allylic oxidation sites excluding steroid dienone is 2. The Labute approximate surface area is 168 Å². The third-order valence-electron chi connectivity index (χ3n) is 5.95. The maximum absolute atomic E-state index is 11.5. The molecule has 4 nitrogen and oxygen atoms in total. The van der Waals surface area contributed by atoms with Gasteiger partial charge in [0.25, 0.3) is 0 Å². The lowest BCUT2D eigenvalue weighted by Gasteiger charge is -2.39. The van der Waals surface area contributed by atoms with E-state index in [2.05, 4.69) is 38.2 Å². The fraction of sp³-hybridized carbons (Fsp3) is 0.826. The van der Waals surface area contributed by atoms with Crippen molar-refractivity contribution in [2.75, 3.05) is 19.6 Å². The van der Waals surface area contributed by atoms with Crippen LogP contribution in [0.15, 0.2) is 17.1 Å². The number of amides is 1. The number of carbonyl (C=O) groups is 1. The quantitative estimate of drug-likeness (QED) is 0.225. The van der Waals surface area contributed by atoms with Gasteiger partial charge in [-0.1, -0.05) is 57.6 Å². The molecule has 0 saturated carbocycles. The monoisotopic (exact) mass is 378 g/mol. The second-order valence-electron chi connectivity index (χ2n) is 8.00. The van der Waals surface area contributed by atoms with Gasteiger partial charge in [-0.3, -0.25) is 9.28 Å². The lowest BCUT2D eigenvalue weighted by molar-refractivity contribution is -0.861. The summed E-state index contributed by atoms with van der Waals surface area (Å²) in [6, 6.07) is 0. The summed E-state index contributed by atoms with van der Waals surface area (Å²) in [6.45, 7) is 11.1. The topological polar surface area (TPSA) is 41.5 Å². The predicted octanol–water partition coefficient (Wildman–Crippen LogP) is 5.58. The Bertz CT molecular complexity index is 472. The third-order valence-corrected chi connectivity index (χ3v) is 5.95. The van der Waals surface area contributed by atoms with Crippen LogP contribution in [-0.4, -0.2) is 42.0 Å². The molecule has 0 aromatic rings. The standard InChI is InChI=1S/C23H43N3O/c1-5-7-8-9-10-11-12-13-14-15-16-17-18-23-24-19-20-26(23,6-2)21(3)25-22(4)27/h7-8,21H,5-6,9-20H2,1-4H3/p+1/b8-7+. The normalized spacial score (nSPS) is 20.8. The minimum atomic E-state index is 0.0566. The summed E-state index contributed by atoms with van der Waals surface area (Å²) in [6.07, 6.45) is 19.0. The summed E-state index contributed by atoms with van der Waals surface area (Å²) in [5.41, 5.74) is 0. The van der Waals surface area contributed by atoms with E-state index in [1.807, 2.05) is 0 Å². The first-order valence-corrected chi connectivity index (χ1v) is 11.4. The van der Waals surface area contributed by atoms with Gasteiger partial charge >= 0.3 is 0 Å². The van der Waals surface area contributed by atoms with Crippen molar-refractivity contribution in [2.24, 2.45) is 4.99 Å². The molecule has 156 valence electrons. The molecule has 1 aliphatic rings. The average molecular weight is 379 g/mol. The molecule has 0 spiro atoms. The van der Waals surface area contributed by atoms with Gasteiger partial charge in [-0.25, -0.2) is 4.99 Å². The molecular weight excluding hydrogens is 334 g/mol. The average Bonchev–Trinajstić information content (AvgIpc) is 3.06. The van der Waals surface area contributed by atoms with Crippen LogP contribution in [0.2, 0.25) is 0 Å². The van der Waals surface area contributed by atoms with E-state index in [0.29, 0.717) is 0 Å². The Balaban J connectivity index is 2.16. The van der Waals surface area contributed by atoms with E-state index in [1.54, 1.807) is 6.92 Å². The predicted molar refractivity (Wildman–Crippen MR) is 117 cm³/mol. The Morgan fingerprint density at radius 2 is 1.70 bits per heavy atom. The molecular formula is C23H44N3O+. The second kappa shape index (κ2) is 13.9. The number of carbonyl (C=O) groups excluding carboxylic acids is 1. The van der Waals surface area contributed by atoms with Gasteiger partial charge in [0, 0.05) is 20.3 Å². The van der Waals surface area contributed by atoms with Crippen LogP contribution in [0, 0.1) is 0 Å². The third kappa shape index (κ3) is 8.59.